The second-order valence-electron chi connectivity index (χ2n) is 19.4. The van der Waals surface area contributed by atoms with E-state index < -0.39 is 41.0 Å². The molecule has 2 aliphatic heterocycles. The highest BCUT2D eigenvalue weighted by molar-refractivity contribution is 5.98. The summed E-state index contributed by atoms with van der Waals surface area (Å²) in [7, 11) is 0. The molecule has 330 valence electrons. The van der Waals surface area contributed by atoms with Gasteiger partial charge in [0.05, 0.1) is 6.04 Å². The Morgan fingerprint density at radius 1 is 0.726 bits per heavy atom. The summed E-state index contributed by atoms with van der Waals surface area (Å²) in [4.78, 5) is 72.9. The van der Waals surface area contributed by atoms with E-state index in [0.717, 1.165) is 33.0 Å². The molecule has 2 fully saturated rings. The van der Waals surface area contributed by atoms with Crippen LogP contribution in [0, 0.1) is 5.92 Å². The van der Waals surface area contributed by atoms with Gasteiger partial charge in [0.1, 0.15) is 23.3 Å². The van der Waals surface area contributed by atoms with Crippen molar-refractivity contribution in [3.05, 3.63) is 108 Å². The maximum atomic E-state index is 14.9. The van der Waals surface area contributed by atoms with E-state index in [0.29, 0.717) is 32.4 Å². The standard InChI is InChI=1S/C50H63N5O7/c1-48(2,3)61-46(59)53-50(7,8)31-42(56)55(32-34-24-26-54(27-25-34)47(60)62-49(4,5)6)41(30-33-18-21-38(22-19-33)36-14-10-9-11-15-36)43-45(58)51-40(44(57)52-43)29-35-20-23-37-16-12-13-17-39(37)28-35/h9-23,28,34,40-41,43H,24-27,29-32H2,1-8H3,(H,51,58)(H,52,57)(H,53,59)/t40-,41?,43-/m0/s1. The molecule has 1 unspecified atom stereocenters. The largest absolute Gasteiger partial charge is 0.444 e. The Hall–Kier alpha value is -5.91. The number of hydrogen-bond acceptors (Lipinski definition) is 7. The SMILES string of the molecule is CC(C)(CC(=O)N(CC1CCN(C(=O)OC(C)(C)C)CC1)C(Cc1ccc(-c2ccccc2)cc1)[C@@H]1NC(=O)[C@H](Cc2ccc3ccccc3c2)NC1=O)NC(=O)OC(C)(C)C. The number of carbonyl (C=O) groups excluding carboxylic acids is 5. The molecule has 5 amide bonds. The third-order valence-electron chi connectivity index (χ3n) is 11.2. The van der Waals surface area contributed by atoms with Gasteiger partial charge >= 0.3 is 12.2 Å². The predicted octanol–water partition coefficient (Wildman–Crippen LogP) is 7.81. The number of piperidine rings is 1. The number of nitrogens with zero attached hydrogens (tertiary/aromatic N) is 2. The third kappa shape index (κ3) is 12.6. The van der Waals surface area contributed by atoms with Crippen LogP contribution < -0.4 is 16.0 Å². The number of hydrogen-bond donors (Lipinski definition) is 3. The number of fused-ring (bicyclic) bond motifs is 1. The zero-order valence-electron chi connectivity index (χ0n) is 37.5. The quantitative estimate of drug-likeness (QED) is 0.132. The Morgan fingerprint density at radius 2 is 1.32 bits per heavy atom. The van der Waals surface area contributed by atoms with Crippen molar-refractivity contribution in [1.82, 2.24) is 25.8 Å². The molecule has 4 aromatic carbocycles. The minimum absolute atomic E-state index is 0.0366. The van der Waals surface area contributed by atoms with Crippen LogP contribution in [0.15, 0.2) is 97.1 Å². The summed E-state index contributed by atoms with van der Waals surface area (Å²) in [6.07, 6.45) is 0.601. The normalized spacial score (nSPS) is 18.0. The fourth-order valence-electron chi connectivity index (χ4n) is 8.20. The lowest BCUT2D eigenvalue weighted by molar-refractivity contribution is -0.143. The Bertz CT molecular complexity index is 2220. The van der Waals surface area contributed by atoms with E-state index in [-0.39, 0.29) is 49.1 Å². The highest BCUT2D eigenvalue weighted by Gasteiger charge is 2.44. The number of piperazine rings is 1. The maximum absolute atomic E-state index is 14.9. The van der Waals surface area contributed by atoms with Crippen molar-refractivity contribution in [3.63, 3.8) is 0 Å². The molecule has 0 aliphatic carbocycles. The lowest BCUT2D eigenvalue weighted by atomic mass is 9.89. The third-order valence-corrected chi connectivity index (χ3v) is 11.2. The minimum Gasteiger partial charge on any atom is -0.444 e. The van der Waals surface area contributed by atoms with Gasteiger partial charge in [0.25, 0.3) is 0 Å². The van der Waals surface area contributed by atoms with Gasteiger partial charge in [0.15, 0.2) is 0 Å². The lowest BCUT2D eigenvalue weighted by Gasteiger charge is -2.43. The Morgan fingerprint density at radius 3 is 1.97 bits per heavy atom. The number of nitrogens with one attached hydrogen (secondary N) is 3. The van der Waals surface area contributed by atoms with Crippen LogP contribution in [0.3, 0.4) is 0 Å². The first-order chi connectivity index (χ1) is 29.2. The van der Waals surface area contributed by atoms with Gasteiger partial charge in [0, 0.05) is 38.0 Å². The summed E-state index contributed by atoms with van der Waals surface area (Å²) in [5, 5.41) is 11.1. The highest BCUT2D eigenvalue weighted by atomic mass is 16.6. The van der Waals surface area contributed by atoms with Crippen molar-refractivity contribution in [2.75, 3.05) is 19.6 Å². The summed E-state index contributed by atoms with van der Waals surface area (Å²) >= 11 is 0. The smallest absolute Gasteiger partial charge is 0.410 e. The Balaban J connectivity index is 1.30. The predicted molar refractivity (Wildman–Crippen MR) is 241 cm³/mol. The van der Waals surface area contributed by atoms with Gasteiger partial charge in [-0.25, -0.2) is 9.59 Å². The van der Waals surface area contributed by atoms with Gasteiger partial charge in [-0.15, -0.1) is 0 Å². The fourth-order valence-corrected chi connectivity index (χ4v) is 8.20. The summed E-state index contributed by atoms with van der Waals surface area (Å²) < 4.78 is 11.2. The first-order valence-corrected chi connectivity index (χ1v) is 21.7. The number of alkyl carbamates (subject to hydrolysis) is 1. The first kappa shape index (κ1) is 45.6. The van der Waals surface area contributed by atoms with Crippen molar-refractivity contribution in [2.24, 2.45) is 5.92 Å². The van der Waals surface area contributed by atoms with Crippen LogP contribution in [0.5, 0.6) is 0 Å². The van der Waals surface area contributed by atoms with Crippen molar-refractivity contribution in [3.8, 4) is 11.1 Å². The molecule has 4 aromatic rings. The van der Waals surface area contributed by atoms with Crippen molar-refractivity contribution >= 4 is 40.7 Å². The number of ether oxygens (including phenoxy) is 2. The van der Waals surface area contributed by atoms with E-state index in [2.05, 4.69) is 16.0 Å². The molecule has 2 saturated heterocycles. The number of benzene rings is 4. The van der Waals surface area contributed by atoms with E-state index in [4.69, 9.17) is 9.47 Å². The van der Waals surface area contributed by atoms with E-state index >= 15 is 0 Å². The number of likely N-dealkylation sites (tertiary alicyclic amines) is 1. The Labute approximate surface area is 366 Å². The second-order valence-corrected chi connectivity index (χ2v) is 19.4. The first-order valence-electron chi connectivity index (χ1n) is 21.7. The molecule has 12 nitrogen and oxygen atoms in total. The number of amides is 5. The summed E-state index contributed by atoms with van der Waals surface area (Å²) in [6, 6.07) is 29.3. The number of rotatable bonds is 12. The summed E-state index contributed by atoms with van der Waals surface area (Å²) in [5.41, 5.74) is 1.44. The van der Waals surface area contributed by atoms with Gasteiger partial charge < -0.3 is 35.2 Å². The average molecular weight is 846 g/mol. The molecule has 0 spiro atoms. The zero-order chi connectivity index (χ0) is 44.8. The second kappa shape index (κ2) is 19.0. The van der Waals surface area contributed by atoms with Crippen LogP contribution in [0.1, 0.15) is 85.8 Å². The molecule has 2 heterocycles. The van der Waals surface area contributed by atoms with Gasteiger partial charge in [-0.05, 0) is 114 Å². The van der Waals surface area contributed by atoms with Crippen molar-refractivity contribution in [1.29, 1.82) is 0 Å². The van der Waals surface area contributed by atoms with Gasteiger partial charge in [-0.2, -0.15) is 0 Å². The van der Waals surface area contributed by atoms with E-state index in [9.17, 15) is 24.0 Å². The van der Waals surface area contributed by atoms with Crippen molar-refractivity contribution < 1.29 is 33.4 Å². The Kier molecular flexibility index (Phi) is 14.0. The monoisotopic (exact) mass is 845 g/mol. The fraction of sp³-hybridized carbons (Fsp3) is 0.460. The molecular formula is C50H63N5O7. The van der Waals surface area contributed by atoms with Crippen LogP contribution in [-0.2, 0) is 36.7 Å². The molecule has 12 heteroatoms. The molecular weight excluding hydrogens is 783 g/mol. The topological polar surface area (TPSA) is 146 Å². The molecule has 0 saturated carbocycles. The summed E-state index contributed by atoms with van der Waals surface area (Å²) in [5.74, 6) is -1.06. The zero-order valence-corrected chi connectivity index (χ0v) is 37.5. The average Bonchev–Trinajstić information content (AvgIpc) is 3.19. The molecule has 2 aliphatic rings. The van der Waals surface area contributed by atoms with Gasteiger partial charge in [-0.3, -0.25) is 14.4 Å². The van der Waals surface area contributed by atoms with Crippen LogP contribution in [0.4, 0.5) is 9.59 Å². The molecule has 0 aromatic heterocycles. The van der Waals surface area contributed by atoms with E-state index in [1.54, 1.807) is 44.4 Å². The van der Waals surface area contributed by atoms with Crippen LogP contribution >= 0.6 is 0 Å². The minimum atomic E-state index is -1.09. The van der Waals surface area contributed by atoms with Crippen LogP contribution in [0.2, 0.25) is 0 Å². The number of carbonyl (C=O) groups is 5. The van der Waals surface area contributed by atoms with Crippen LogP contribution in [0.25, 0.3) is 21.9 Å². The molecule has 3 atom stereocenters. The molecule has 62 heavy (non-hydrogen) atoms. The maximum Gasteiger partial charge on any atom is 0.410 e. The van der Waals surface area contributed by atoms with Crippen molar-refractivity contribution in [2.45, 2.75) is 122 Å². The van der Waals surface area contributed by atoms with Gasteiger partial charge in [-0.1, -0.05) is 97.1 Å². The van der Waals surface area contributed by atoms with Gasteiger partial charge in [0.2, 0.25) is 17.7 Å². The van der Waals surface area contributed by atoms with Crippen LogP contribution in [-0.4, -0.2) is 94.2 Å². The molecule has 3 N–H and O–H groups in total. The molecule has 0 radical (unpaired) electrons. The highest BCUT2D eigenvalue weighted by Crippen LogP contribution is 2.28. The summed E-state index contributed by atoms with van der Waals surface area (Å²) in [6.45, 7) is 15.5. The van der Waals surface area contributed by atoms with E-state index in [1.165, 1.54) is 0 Å². The lowest BCUT2D eigenvalue weighted by Crippen LogP contribution is -2.69. The molecule has 0 bridgehead atoms. The molecule has 6 rings (SSSR count). The van der Waals surface area contributed by atoms with E-state index in [1.807, 2.05) is 118 Å².